The molecule has 1 heterocycles. The van der Waals surface area contributed by atoms with Crippen molar-refractivity contribution in [2.45, 2.75) is 14.0 Å². The first kappa shape index (κ1) is 20.4. The van der Waals surface area contributed by atoms with Crippen LogP contribution in [0.4, 0.5) is 5.69 Å². The van der Waals surface area contributed by atoms with Gasteiger partial charge >= 0.3 is 5.97 Å². The maximum atomic E-state index is 12.4. The van der Waals surface area contributed by atoms with Gasteiger partial charge in [0.15, 0.2) is 6.61 Å². The van der Waals surface area contributed by atoms with Gasteiger partial charge in [-0.05, 0) is 42.5 Å². The van der Waals surface area contributed by atoms with Crippen LogP contribution >= 0.6 is 0 Å². The number of aromatic carboxylic acids is 1. The molecule has 0 aliphatic carbocycles. The van der Waals surface area contributed by atoms with Crippen molar-refractivity contribution >= 4 is 17.6 Å². The Morgan fingerprint density at radius 1 is 1.14 bits per heavy atom. The Morgan fingerprint density at radius 2 is 1.86 bits per heavy atom. The smallest absolute Gasteiger partial charge is 0.335 e. The largest absolute Gasteiger partial charge is 0.495 e. The molecule has 2 aromatic carbocycles. The molecule has 0 aliphatic rings. The second kappa shape index (κ2) is 9.12. The fraction of sp³-hybridized carbons (Fsp3) is 0.167. The van der Waals surface area contributed by atoms with Gasteiger partial charge in [-0.1, -0.05) is 12.6 Å². The molecule has 0 bridgehead atoms. The van der Waals surface area contributed by atoms with Crippen LogP contribution in [0, 0.1) is 0 Å². The minimum Gasteiger partial charge on any atom is -0.495 e. The molecule has 0 saturated carbocycles. The number of aromatic amines is 1. The van der Waals surface area contributed by atoms with Crippen LogP contribution < -0.4 is 14.8 Å². The highest BCUT2D eigenvalue weighted by Crippen LogP contribution is 2.26. The molecule has 10 heteroatoms. The number of nitrogens with zero attached hydrogens (tertiary/aromatic N) is 3. The Bertz CT molecular complexity index is 942. The Kier molecular flexibility index (Phi) is 6.63. The fourth-order valence-corrected chi connectivity index (χ4v) is 2.22. The summed E-state index contributed by atoms with van der Waals surface area (Å²) in [4.78, 5) is 23.4. The predicted molar refractivity (Wildman–Crippen MR) is 99.6 cm³/mol. The van der Waals surface area contributed by atoms with Gasteiger partial charge in [-0.15, -0.1) is 10.2 Å². The zero-order valence-electron chi connectivity index (χ0n) is 14.2. The second-order valence-corrected chi connectivity index (χ2v) is 5.32. The van der Waals surface area contributed by atoms with Crippen molar-refractivity contribution in [1.29, 1.82) is 0 Å². The van der Waals surface area contributed by atoms with Gasteiger partial charge in [0.05, 0.1) is 18.4 Å². The Morgan fingerprint density at radius 3 is 2.46 bits per heavy atom. The molecule has 146 valence electrons. The lowest BCUT2D eigenvalue weighted by Gasteiger charge is -2.11. The number of hydrogen-bond acceptors (Lipinski definition) is 7. The van der Waals surface area contributed by atoms with Gasteiger partial charge in [-0.25, -0.2) is 4.79 Å². The number of carboxylic acids is 1. The molecule has 3 N–H and O–H groups in total. The zero-order valence-corrected chi connectivity index (χ0v) is 14.2. The number of H-pyrrole nitrogens is 1. The second-order valence-electron chi connectivity index (χ2n) is 5.32. The van der Waals surface area contributed by atoms with Crippen molar-refractivity contribution in [3.8, 4) is 11.5 Å². The minimum atomic E-state index is -1.08. The minimum absolute atomic E-state index is 0. The lowest BCUT2D eigenvalue weighted by atomic mass is 10.1. The van der Waals surface area contributed by atoms with Crippen LogP contribution in [0.25, 0.3) is 0 Å². The van der Waals surface area contributed by atoms with Gasteiger partial charge in [-0.2, -0.15) is 5.21 Å². The average Bonchev–Trinajstić information content (AvgIpc) is 3.20. The number of carbonyl (C=O) groups excluding carboxylic acids is 1. The highest BCUT2D eigenvalue weighted by atomic mass is 16.5. The van der Waals surface area contributed by atoms with Crippen molar-refractivity contribution in [2.75, 3.05) is 12.4 Å². The molecular formula is C18H19N5O5. The van der Waals surface area contributed by atoms with E-state index < -0.39 is 5.97 Å². The maximum absolute atomic E-state index is 12.4. The number of amides is 1. The van der Waals surface area contributed by atoms with Gasteiger partial charge in [0.1, 0.15) is 11.5 Å². The molecule has 0 radical (unpaired) electrons. The summed E-state index contributed by atoms with van der Waals surface area (Å²) < 4.78 is 10.6. The van der Waals surface area contributed by atoms with Crippen LogP contribution in [0.3, 0.4) is 0 Å². The summed E-state index contributed by atoms with van der Waals surface area (Å²) in [5, 5.41) is 25.0. The van der Waals surface area contributed by atoms with Crippen LogP contribution in [-0.4, -0.2) is 44.7 Å². The quantitative estimate of drug-likeness (QED) is 0.563. The van der Waals surface area contributed by atoms with Gasteiger partial charge in [0.25, 0.3) is 5.91 Å². The van der Waals surface area contributed by atoms with Crippen molar-refractivity contribution < 1.29 is 24.2 Å². The van der Waals surface area contributed by atoms with E-state index >= 15 is 0 Å². The first-order valence-electron chi connectivity index (χ1n) is 7.74. The van der Waals surface area contributed by atoms with E-state index in [4.69, 9.17) is 14.6 Å². The number of hydrogen-bond donors (Lipinski definition) is 3. The van der Waals surface area contributed by atoms with Crippen molar-refractivity contribution in [3.63, 3.8) is 0 Å². The number of nitrogens with one attached hydrogen (secondary N) is 2. The molecule has 0 saturated heterocycles. The van der Waals surface area contributed by atoms with Gasteiger partial charge in [-0.3, -0.25) is 4.79 Å². The number of aromatic nitrogens is 4. The van der Waals surface area contributed by atoms with Gasteiger partial charge in [0, 0.05) is 5.56 Å². The number of tetrazole rings is 1. The lowest BCUT2D eigenvalue weighted by molar-refractivity contribution is 0.0696. The van der Waals surface area contributed by atoms with Crippen molar-refractivity contribution in [3.05, 3.63) is 59.4 Å². The fourth-order valence-electron chi connectivity index (χ4n) is 2.22. The molecule has 10 nitrogen and oxygen atoms in total. The van der Waals surface area contributed by atoms with E-state index in [2.05, 4.69) is 25.9 Å². The SMILES string of the molecule is C.COc1cc(C(=O)O)ccc1NC(=O)c1ccc(OCc2nn[nH]n2)cc1. The van der Waals surface area contributed by atoms with E-state index in [1.54, 1.807) is 24.3 Å². The highest BCUT2D eigenvalue weighted by Gasteiger charge is 2.13. The number of rotatable bonds is 7. The van der Waals surface area contributed by atoms with Crippen LogP contribution in [0.5, 0.6) is 11.5 Å². The Balaban J connectivity index is 0.00000280. The van der Waals surface area contributed by atoms with Crippen LogP contribution in [0.15, 0.2) is 42.5 Å². The van der Waals surface area contributed by atoms with E-state index in [0.29, 0.717) is 22.8 Å². The third-order valence-corrected chi connectivity index (χ3v) is 3.57. The molecule has 3 rings (SSSR count). The summed E-state index contributed by atoms with van der Waals surface area (Å²) in [6.07, 6.45) is 0. The average molecular weight is 385 g/mol. The molecule has 0 spiro atoms. The first-order chi connectivity index (χ1) is 13.1. The van der Waals surface area contributed by atoms with Crippen molar-refractivity contribution in [2.24, 2.45) is 0 Å². The Hall–Kier alpha value is -3.95. The molecular weight excluding hydrogens is 366 g/mol. The molecule has 0 aliphatic heterocycles. The summed E-state index contributed by atoms with van der Waals surface area (Å²) in [7, 11) is 1.40. The number of anilines is 1. The zero-order chi connectivity index (χ0) is 19.2. The maximum Gasteiger partial charge on any atom is 0.335 e. The summed E-state index contributed by atoms with van der Waals surface area (Å²) >= 11 is 0. The predicted octanol–water partition coefficient (Wildman–Crippen LogP) is 2.37. The molecule has 1 aromatic heterocycles. The number of carboxylic acid groups (broad SMARTS) is 1. The van der Waals surface area contributed by atoms with E-state index in [9.17, 15) is 9.59 Å². The Labute approximate surface area is 160 Å². The van der Waals surface area contributed by atoms with Crippen LogP contribution in [0.1, 0.15) is 34.0 Å². The number of methoxy groups -OCH3 is 1. The summed E-state index contributed by atoms with van der Waals surface area (Å²) in [6, 6.07) is 10.7. The third kappa shape index (κ3) is 4.81. The molecule has 0 fully saturated rings. The van der Waals surface area contributed by atoms with E-state index in [-0.39, 0.29) is 31.3 Å². The number of benzene rings is 2. The topological polar surface area (TPSA) is 139 Å². The van der Waals surface area contributed by atoms with Crippen molar-refractivity contribution in [1.82, 2.24) is 20.6 Å². The molecule has 28 heavy (non-hydrogen) atoms. The van der Waals surface area contributed by atoms with E-state index in [1.165, 1.54) is 25.3 Å². The van der Waals surface area contributed by atoms with Gasteiger partial charge < -0.3 is 19.9 Å². The number of ether oxygens (including phenoxy) is 2. The normalized spacial score (nSPS) is 9.89. The highest BCUT2D eigenvalue weighted by molar-refractivity contribution is 6.05. The van der Waals surface area contributed by atoms with Crippen LogP contribution in [-0.2, 0) is 6.61 Å². The summed E-state index contributed by atoms with van der Waals surface area (Å²) in [6.45, 7) is 0.148. The summed E-state index contributed by atoms with van der Waals surface area (Å²) in [5.74, 6) is -0.250. The third-order valence-electron chi connectivity index (χ3n) is 3.57. The standard InChI is InChI=1S/C17H15N5O5.CH4/c1-26-14-8-11(17(24)25)4-7-13(14)18-16(23)10-2-5-12(6-3-10)27-9-15-19-21-22-20-15;/h2-8H,9H2,1H3,(H,18,23)(H,24,25)(H,19,20,21,22);1H4. The van der Waals surface area contributed by atoms with E-state index in [0.717, 1.165) is 0 Å². The molecule has 1 amide bonds. The van der Waals surface area contributed by atoms with E-state index in [1.807, 2.05) is 0 Å². The first-order valence-corrected chi connectivity index (χ1v) is 7.74. The van der Waals surface area contributed by atoms with Crippen LogP contribution in [0.2, 0.25) is 0 Å². The molecule has 0 atom stereocenters. The molecule has 3 aromatic rings. The monoisotopic (exact) mass is 385 g/mol. The van der Waals surface area contributed by atoms with Gasteiger partial charge in [0.2, 0.25) is 5.82 Å². The number of carbonyl (C=O) groups is 2. The summed E-state index contributed by atoms with van der Waals surface area (Å²) in [5.41, 5.74) is 0.823. The lowest BCUT2D eigenvalue weighted by Crippen LogP contribution is -2.13. The molecule has 0 unspecified atom stereocenters.